The Morgan fingerprint density at radius 1 is 1.57 bits per heavy atom. The van der Waals surface area contributed by atoms with E-state index in [0.29, 0.717) is 25.2 Å². The van der Waals surface area contributed by atoms with Crippen LogP contribution in [0.25, 0.3) is 0 Å². The van der Waals surface area contributed by atoms with Gasteiger partial charge in [-0.2, -0.15) is 27.8 Å². The summed E-state index contributed by atoms with van der Waals surface area (Å²) in [5.74, 6) is 0.342. The molecule has 1 amide bonds. The summed E-state index contributed by atoms with van der Waals surface area (Å²) in [4.78, 5) is 14.1. The van der Waals surface area contributed by atoms with Crippen LogP contribution in [0, 0.1) is 11.3 Å². The van der Waals surface area contributed by atoms with E-state index < -0.39 is 16.3 Å². The second-order valence-electron chi connectivity index (χ2n) is 5.35. The van der Waals surface area contributed by atoms with E-state index in [2.05, 4.69) is 9.82 Å². The van der Waals surface area contributed by atoms with Crippen molar-refractivity contribution in [1.29, 1.82) is 5.26 Å². The van der Waals surface area contributed by atoms with Crippen LogP contribution in [-0.2, 0) is 22.1 Å². The highest BCUT2D eigenvalue weighted by Crippen LogP contribution is 2.20. The average Bonchev–Trinajstić information content (AvgIpc) is 2.92. The average molecular weight is 340 g/mol. The third kappa shape index (κ3) is 3.87. The largest absolute Gasteiger partial charge is 0.296 e. The summed E-state index contributed by atoms with van der Waals surface area (Å²) in [6.07, 6.45) is 2.81. The molecule has 0 unspecified atom stereocenters. The molecule has 9 nitrogen and oxygen atoms in total. The number of carbonyl (C=O) groups excluding carboxylic acids is 1. The lowest BCUT2D eigenvalue weighted by atomic mass is 10.1. The SMILES string of the molecule is CN(CCC#N)S(=O)(=O)N[C@H]1CCCN(c2ccnn2C)C1=O. The summed E-state index contributed by atoms with van der Waals surface area (Å²) in [6, 6.07) is 2.80. The normalized spacial score (nSPS) is 19.1. The number of amides is 1. The molecule has 23 heavy (non-hydrogen) atoms. The van der Waals surface area contributed by atoms with Crippen LogP contribution in [0.5, 0.6) is 0 Å². The Hall–Kier alpha value is -1.96. The molecule has 0 aliphatic carbocycles. The molecule has 2 rings (SSSR count). The molecule has 0 bridgehead atoms. The molecular formula is C13H20N6O3S. The van der Waals surface area contributed by atoms with Crippen molar-refractivity contribution in [3.8, 4) is 6.07 Å². The maximum atomic E-state index is 12.6. The summed E-state index contributed by atoms with van der Waals surface area (Å²) in [5.41, 5.74) is 0. The fraction of sp³-hybridized carbons (Fsp3) is 0.615. The maximum absolute atomic E-state index is 12.6. The lowest BCUT2D eigenvalue weighted by Crippen LogP contribution is -2.55. The van der Waals surface area contributed by atoms with Crippen LogP contribution in [0.15, 0.2) is 12.3 Å². The van der Waals surface area contributed by atoms with E-state index in [1.165, 1.54) is 7.05 Å². The van der Waals surface area contributed by atoms with Crippen LogP contribution in [0.3, 0.4) is 0 Å². The van der Waals surface area contributed by atoms with Gasteiger partial charge in [-0.15, -0.1) is 0 Å². The fourth-order valence-corrected chi connectivity index (χ4v) is 3.53. The van der Waals surface area contributed by atoms with Gasteiger partial charge in [0.05, 0.1) is 12.3 Å². The minimum absolute atomic E-state index is 0.0815. The van der Waals surface area contributed by atoms with E-state index in [1.54, 1.807) is 28.9 Å². The molecule has 0 spiro atoms. The van der Waals surface area contributed by atoms with Gasteiger partial charge in [-0.3, -0.25) is 14.4 Å². The Bertz CT molecular complexity index is 708. The van der Waals surface area contributed by atoms with Gasteiger partial charge < -0.3 is 0 Å². The third-order valence-electron chi connectivity index (χ3n) is 3.75. The zero-order chi connectivity index (χ0) is 17.0. The van der Waals surface area contributed by atoms with Crippen LogP contribution >= 0.6 is 0 Å². The number of hydrogen-bond acceptors (Lipinski definition) is 5. The second kappa shape index (κ2) is 7.08. The molecule has 1 aromatic heterocycles. The molecule has 1 aliphatic heterocycles. The van der Waals surface area contributed by atoms with Crippen molar-refractivity contribution < 1.29 is 13.2 Å². The Labute approximate surface area is 135 Å². The van der Waals surface area contributed by atoms with E-state index in [9.17, 15) is 13.2 Å². The van der Waals surface area contributed by atoms with Crippen LogP contribution in [0.2, 0.25) is 0 Å². The topological polar surface area (TPSA) is 111 Å². The summed E-state index contributed by atoms with van der Waals surface area (Å²) in [7, 11) is -0.696. The number of aromatic nitrogens is 2. The van der Waals surface area contributed by atoms with Gasteiger partial charge in [0.25, 0.3) is 10.2 Å². The number of carbonyl (C=O) groups is 1. The van der Waals surface area contributed by atoms with Crippen molar-refractivity contribution in [3.05, 3.63) is 12.3 Å². The molecule has 0 radical (unpaired) electrons. The second-order valence-corrected chi connectivity index (χ2v) is 7.16. The van der Waals surface area contributed by atoms with Gasteiger partial charge in [-0.05, 0) is 12.8 Å². The Balaban J connectivity index is 2.10. The van der Waals surface area contributed by atoms with Crippen molar-refractivity contribution in [3.63, 3.8) is 0 Å². The van der Waals surface area contributed by atoms with Gasteiger partial charge in [0.15, 0.2) is 0 Å². The number of nitrogens with zero attached hydrogens (tertiary/aromatic N) is 5. The molecule has 1 N–H and O–H groups in total. The van der Waals surface area contributed by atoms with E-state index >= 15 is 0 Å². The summed E-state index contributed by atoms with van der Waals surface area (Å²) < 4.78 is 29.5. The Morgan fingerprint density at radius 3 is 2.91 bits per heavy atom. The molecule has 1 atom stereocenters. The van der Waals surface area contributed by atoms with Crippen LogP contribution < -0.4 is 9.62 Å². The minimum Gasteiger partial charge on any atom is -0.296 e. The number of rotatable bonds is 6. The maximum Gasteiger partial charge on any atom is 0.279 e. The Morgan fingerprint density at radius 2 is 2.30 bits per heavy atom. The van der Waals surface area contributed by atoms with E-state index in [-0.39, 0.29) is 18.9 Å². The number of hydrogen-bond donors (Lipinski definition) is 1. The van der Waals surface area contributed by atoms with Gasteiger partial charge in [0, 0.05) is 39.7 Å². The van der Waals surface area contributed by atoms with E-state index in [0.717, 1.165) is 4.31 Å². The molecule has 1 fully saturated rings. The van der Waals surface area contributed by atoms with Gasteiger partial charge in [0.2, 0.25) is 5.91 Å². The zero-order valence-electron chi connectivity index (χ0n) is 13.1. The Kier molecular flexibility index (Phi) is 5.35. The molecule has 0 aromatic carbocycles. The standard InChI is InChI=1S/C13H20N6O3S/c1-17(9-4-7-14)23(21,22)16-11-5-3-10-19(13(11)20)12-6-8-15-18(12)2/h6,8,11,16H,3-5,9-10H2,1-2H3/t11-/m0/s1. The highest BCUT2D eigenvalue weighted by atomic mass is 32.2. The number of aryl methyl sites for hydroxylation is 1. The molecular weight excluding hydrogens is 320 g/mol. The highest BCUT2D eigenvalue weighted by molar-refractivity contribution is 7.87. The quantitative estimate of drug-likeness (QED) is 0.757. The third-order valence-corrected chi connectivity index (χ3v) is 5.34. The monoisotopic (exact) mass is 340 g/mol. The lowest BCUT2D eigenvalue weighted by Gasteiger charge is -2.32. The van der Waals surface area contributed by atoms with E-state index in [4.69, 9.17) is 5.26 Å². The molecule has 0 saturated carbocycles. The predicted octanol–water partition coefficient (Wildman–Crippen LogP) is -0.405. The number of anilines is 1. The minimum atomic E-state index is -3.81. The first kappa shape index (κ1) is 17.4. The highest BCUT2D eigenvalue weighted by Gasteiger charge is 2.34. The first-order chi connectivity index (χ1) is 10.9. The predicted molar refractivity (Wildman–Crippen MR) is 83.5 cm³/mol. The molecule has 1 aromatic rings. The summed E-state index contributed by atoms with van der Waals surface area (Å²) in [5, 5.41) is 12.6. The van der Waals surface area contributed by atoms with Crippen LogP contribution in [0.4, 0.5) is 5.82 Å². The van der Waals surface area contributed by atoms with Crippen molar-refractivity contribution in [2.75, 3.05) is 25.0 Å². The van der Waals surface area contributed by atoms with Crippen molar-refractivity contribution in [2.45, 2.75) is 25.3 Å². The van der Waals surface area contributed by atoms with Gasteiger partial charge in [-0.1, -0.05) is 0 Å². The van der Waals surface area contributed by atoms with Crippen LogP contribution in [0.1, 0.15) is 19.3 Å². The van der Waals surface area contributed by atoms with Gasteiger partial charge >= 0.3 is 0 Å². The zero-order valence-corrected chi connectivity index (χ0v) is 14.0. The van der Waals surface area contributed by atoms with Crippen LogP contribution in [-0.4, -0.2) is 54.6 Å². The summed E-state index contributed by atoms with van der Waals surface area (Å²) >= 11 is 0. The van der Waals surface area contributed by atoms with E-state index in [1.807, 2.05) is 6.07 Å². The molecule has 2 heterocycles. The molecule has 126 valence electrons. The smallest absolute Gasteiger partial charge is 0.279 e. The van der Waals surface area contributed by atoms with Crippen molar-refractivity contribution in [2.24, 2.45) is 7.05 Å². The molecule has 1 aliphatic rings. The van der Waals surface area contributed by atoms with Crippen molar-refractivity contribution in [1.82, 2.24) is 18.8 Å². The van der Waals surface area contributed by atoms with Gasteiger partial charge in [-0.25, -0.2) is 0 Å². The molecule has 1 saturated heterocycles. The number of nitrogens with one attached hydrogen (secondary N) is 1. The van der Waals surface area contributed by atoms with Gasteiger partial charge in [0.1, 0.15) is 11.9 Å². The first-order valence-corrected chi connectivity index (χ1v) is 8.70. The fourth-order valence-electron chi connectivity index (χ4n) is 2.44. The first-order valence-electron chi connectivity index (χ1n) is 7.26. The number of nitriles is 1. The lowest BCUT2D eigenvalue weighted by molar-refractivity contribution is -0.121. The molecule has 10 heteroatoms. The van der Waals surface area contributed by atoms with Crippen molar-refractivity contribution >= 4 is 21.9 Å². The summed E-state index contributed by atoms with van der Waals surface area (Å²) in [6.45, 7) is 0.610. The number of piperidine rings is 1.